The van der Waals surface area contributed by atoms with Crippen LogP contribution in [0.3, 0.4) is 0 Å². The molecule has 0 saturated carbocycles. The number of fused-ring (bicyclic) bond motifs is 2. The average molecular weight is 669 g/mol. The summed E-state index contributed by atoms with van der Waals surface area (Å²) in [6, 6.07) is 15.5. The number of rotatable bonds is 6. The van der Waals surface area contributed by atoms with Gasteiger partial charge in [-0.15, -0.1) is 0 Å². The normalized spacial score (nSPS) is 18.3. The van der Waals surface area contributed by atoms with Gasteiger partial charge < -0.3 is 15.4 Å². The van der Waals surface area contributed by atoms with Crippen LogP contribution >= 0.6 is 23.2 Å². The van der Waals surface area contributed by atoms with E-state index < -0.39 is 0 Å². The molecule has 2 N–H and O–H groups in total. The van der Waals surface area contributed by atoms with Crippen molar-refractivity contribution in [3.63, 3.8) is 0 Å². The van der Waals surface area contributed by atoms with Crippen molar-refractivity contribution >= 4 is 51.4 Å². The van der Waals surface area contributed by atoms with Crippen LogP contribution in [0.1, 0.15) is 36.4 Å². The molecule has 0 bridgehead atoms. The fourth-order valence-corrected chi connectivity index (χ4v) is 7.97. The van der Waals surface area contributed by atoms with E-state index in [4.69, 9.17) is 32.9 Å². The molecule has 2 aliphatic heterocycles. The summed E-state index contributed by atoms with van der Waals surface area (Å²) in [4.78, 5) is 36.6. The average Bonchev–Trinajstić information content (AvgIpc) is 3.67. The molecule has 1 amide bonds. The number of halogens is 2. The first-order chi connectivity index (χ1) is 22.7. The second kappa shape index (κ2) is 11.3. The van der Waals surface area contributed by atoms with Gasteiger partial charge in [0.1, 0.15) is 5.82 Å². The molecule has 5 aromatic rings. The number of nitrogens with one attached hydrogen (secondary N) is 2. The van der Waals surface area contributed by atoms with E-state index in [0.29, 0.717) is 44.6 Å². The summed E-state index contributed by atoms with van der Waals surface area (Å²) >= 11 is 14.2. The Morgan fingerprint density at radius 3 is 2.55 bits per heavy atom. The number of aryl methyl sites for hydroxylation is 2. The molecule has 0 radical (unpaired) electrons. The van der Waals surface area contributed by atoms with E-state index >= 15 is 0 Å². The third-order valence-corrected chi connectivity index (χ3v) is 10.5. The largest absolute Gasteiger partial charge is 0.481 e. The van der Waals surface area contributed by atoms with Gasteiger partial charge >= 0.3 is 0 Å². The lowest BCUT2D eigenvalue weighted by atomic mass is 9.86. The fourth-order valence-electron chi connectivity index (χ4n) is 7.37. The molecule has 2 aromatic carbocycles. The highest BCUT2D eigenvalue weighted by Crippen LogP contribution is 2.48. The van der Waals surface area contributed by atoms with Crippen LogP contribution < -0.4 is 20.9 Å². The summed E-state index contributed by atoms with van der Waals surface area (Å²) in [6.45, 7) is 1.70. The van der Waals surface area contributed by atoms with Gasteiger partial charge in [-0.1, -0.05) is 53.5 Å². The van der Waals surface area contributed by atoms with Crippen LogP contribution in [0.2, 0.25) is 10.0 Å². The highest BCUT2D eigenvalue weighted by atomic mass is 35.5. The first-order valence-electron chi connectivity index (χ1n) is 15.5. The molecule has 1 atom stereocenters. The number of hydrogen-bond acceptors (Lipinski definition) is 8. The molecule has 3 aromatic heterocycles. The second-order valence-electron chi connectivity index (χ2n) is 12.5. The van der Waals surface area contributed by atoms with Gasteiger partial charge in [-0.05, 0) is 43.0 Å². The minimum absolute atomic E-state index is 0.0809. The number of nitrogens with zero attached hydrogens (tertiary/aromatic N) is 5. The molecular formula is C35H31Cl2N7O3. The number of amides is 1. The van der Waals surface area contributed by atoms with Gasteiger partial charge in [-0.2, -0.15) is 5.10 Å². The number of methoxy groups -OCH3 is 1. The van der Waals surface area contributed by atoms with Gasteiger partial charge in [0.05, 0.1) is 45.7 Å². The van der Waals surface area contributed by atoms with Crippen molar-refractivity contribution in [2.45, 2.75) is 37.3 Å². The summed E-state index contributed by atoms with van der Waals surface area (Å²) < 4.78 is 7.16. The number of anilines is 2. The van der Waals surface area contributed by atoms with Crippen molar-refractivity contribution in [1.82, 2.24) is 30.0 Å². The van der Waals surface area contributed by atoms with Crippen LogP contribution in [-0.4, -0.2) is 56.3 Å². The Morgan fingerprint density at radius 1 is 1.02 bits per heavy atom. The van der Waals surface area contributed by atoms with E-state index in [-0.39, 0.29) is 23.0 Å². The Bertz CT molecular complexity index is 2160. The lowest BCUT2D eigenvalue weighted by Crippen LogP contribution is -2.67. The maximum atomic E-state index is 12.9. The summed E-state index contributed by atoms with van der Waals surface area (Å²) in [5.74, 6) is 1.14. The van der Waals surface area contributed by atoms with Crippen molar-refractivity contribution in [3.05, 3.63) is 92.5 Å². The third-order valence-electron chi connectivity index (χ3n) is 9.69. The molecule has 47 heavy (non-hydrogen) atoms. The zero-order valence-electron chi connectivity index (χ0n) is 25.8. The molecule has 238 valence electrons. The third kappa shape index (κ3) is 4.94. The van der Waals surface area contributed by atoms with Crippen molar-refractivity contribution in [1.29, 1.82) is 0 Å². The lowest BCUT2D eigenvalue weighted by Gasteiger charge is -2.50. The number of aromatic nitrogens is 4. The Morgan fingerprint density at radius 2 is 1.79 bits per heavy atom. The van der Waals surface area contributed by atoms with Gasteiger partial charge in [0.2, 0.25) is 11.8 Å². The van der Waals surface area contributed by atoms with E-state index in [1.807, 2.05) is 36.4 Å². The minimum atomic E-state index is -0.263. The molecule has 2 fully saturated rings. The molecule has 3 aliphatic rings. The molecular weight excluding hydrogens is 637 g/mol. The van der Waals surface area contributed by atoms with E-state index in [0.717, 1.165) is 60.3 Å². The summed E-state index contributed by atoms with van der Waals surface area (Å²) in [7, 11) is 3.26. The molecule has 1 unspecified atom stereocenters. The zero-order valence-corrected chi connectivity index (χ0v) is 27.3. The Balaban J connectivity index is 1.12. The molecule has 12 heteroatoms. The van der Waals surface area contributed by atoms with Crippen LogP contribution in [0.15, 0.2) is 65.7 Å². The van der Waals surface area contributed by atoms with Gasteiger partial charge in [0.15, 0.2) is 0 Å². The first kappa shape index (κ1) is 29.9. The molecule has 10 nitrogen and oxygen atoms in total. The van der Waals surface area contributed by atoms with E-state index in [9.17, 15) is 9.59 Å². The van der Waals surface area contributed by atoms with Gasteiger partial charge in [0, 0.05) is 66.4 Å². The molecule has 1 aliphatic carbocycles. The van der Waals surface area contributed by atoms with Crippen LogP contribution in [0.5, 0.6) is 5.88 Å². The Kier molecular flexibility index (Phi) is 7.20. The smallest absolute Gasteiger partial charge is 0.278 e. The van der Waals surface area contributed by atoms with E-state index in [2.05, 4.69) is 31.7 Å². The van der Waals surface area contributed by atoms with Gasteiger partial charge in [0.25, 0.3) is 5.56 Å². The second-order valence-corrected chi connectivity index (χ2v) is 13.3. The standard InChI is InChI=1S/C35H31Cl2N7O3/c1-43-34(46)29-20(16-39-43)12-14-38-32(29)40-24-8-4-6-22(31(24)37)21-5-3-7-23(30(21)36)25-15-19-9-10-26(28(19)33(41-25)47-2)44-17-35(18-44)13-11-27(45)42-35/h3-8,12,14-16,26H,9-11,13,17-18H2,1-2H3,(H,38,40)(H,42,45). The number of carbonyl (C=O) groups is 1. The lowest BCUT2D eigenvalue weighted by molar-refractivity contribution is -0.121. The van der Waals surface area contributed by atoms with Gasteiger partial charge in [-0.3, -0.25) is 14.5 Å². The van der Waals surface area contributed by atoms with Crippen LogP contribution in [0, 0.1) is 0 Å². The molecule has 2 saturated heterocycles. The van der Waals surface area contributed by atoms with E-state index in [1.54, 1.807) is 32.6 Å². The molecule has 1 spiro atoms. The van der Waals surface area contributed by atoms with Crippen LogP contribution in [0.4, 0.5) is 11.5 Å². The number of carbonyl (C=O) groups excluding carboxylic acids is 1. The monoisotopic (exact) mass is 667 g/mol. The van der Waals surface area contributed by atoms with Gasteiger partial charge in [-0.25, -0.2) is 14.6 Å². The quantitative estimate of drug-likeness (QED) is 0.224. The number of likely N-dealkylation sites (tertiary alicyclic amines) is 1. The maximum Gasteiger partial charge on any atom is 0.278 e. The fraction of sp³-hybridized carbons (Fsp3) is 0.286. The predicted molar refractivity (Wildman–Crippen MR) is 182 cm³/mol. The SMILES string of the molecule is COc1nc(-c2cccc(-c3cccc(Nc4nccc5cnn(C)c(=O)c45)c3Cl)c2Cl)cc2c1C(N1CC3(CCC(=O)N3)C1)CC2. The van der Waals surface area contributed by atoms with Crippen molar-refractivity contribution in [2.75, 3.05) is 25.5 Å². The summed E-state index contributed by atoms with van der Waals surface area (Å²) in [6.07, 6.45) is 6.63. The maximum absolute atomic E-state index is 12.9. The minimum Gasteiger partial charge on any atom is -0.481 e. The highest BCUT2D eigenvalue weighted by molar-refractivity contribution is 6.39. The number of benzene rings is 2. The van der Waals surface area contributed by atoms with Crippen molar-refractivity contribution in [2.24, 2.45) is 7.05 Å². The van der Waals surface area contributed by atoms with Crippen molar-refractivity contribution in [3.8, 4) is 28.3 Å². The highest BCUT2D eigenvalue weighted by Gasteiger charge is 2.51. The Hall–Kier alpha value is -4.51. The predicted octanol–water partition coefficient (Wildman–Crippen LogP) is 6.07. The number of hydrogen-bond donors (Lipinski definition) is 2. The first-order valence-corrected chi connectivity index (χ1v) is 16.3. The molecule has 5 heterocycles. The Labute approximate surface area is 280 Å². The van der Waals surface area contributed by atoms with Crippen LogP contribution in [-0.2, 0) is 18.3 Å². The van der Waals surface area contributed by atoms with Crippen molar-refractivity contribution < 1.29 is 9.53 Å². The van der Waals surface area contributed by atoms with Crippen LogP contribution in [0.25, 0.3) is 33.2 Å². The number of ether oxygens (including phenoxy) is 1. The topological polar surface area (TPSA) is 114 Å². The summed E-state index contributed by atoms with van der Waals surface area (Å²) in [5, 5.41) is 12.6. The summed E-state index contributed by atoms with van der Waals surface area (Å²) in [5.41, 5.74) is 5.52. The number of pyridine rings is 2. The molecule has 8 rings (SSSR count). The zero-order chi connectivity index (χ0) is 32.4. The van der Waals surface area contributed by atoms with E-state index in [1.165, 1.54) is 10.2 Å².